The molecule has 0 aliphatic heterocycles. The molecule has 0 aromatic heterocycles. The van der Waals surface area contributed by atoms with E-state index in [1.165, 1.54) is 11.1 Å². The lowest BCUT2D eigenvalue weighted by atomic mass is 10.2. The normalized spacial score (nSPS) is 10.3. The van der Waals surface area contributed by atoms with E-state index in [0.29, 0.717) is 12.4 Å². The van der Waals surface area contributed by atoms with Crippen LogP contribution in [0.1, 0.15) is 24.5 Å². The van der Waals surface area contributed by atoms with Crippen LogP contribution in [0.4, 0.5) is 5.69 Å². The second kappa shape index (κ2) is 9.26. The third kappa shape index (κ3) is 5.99. The van der Waals surface area contributed by atoms with E-state index in [-0.39, 0.29) is 5.91 Å². The number of carbonyl (C=O) groups is 1. The molecular formula is C19H23NO2S. The van der Waals surface area contributed by atoms with E-state index in [4.69, 9.17) is 4.74 Å². The van der Waals surface area contributed by atoms with Crippen LogP contribution in [-0.2, 0) is 10.5 Å². The quantitative estimate of drug-likeness (QED) is 0.766. The van der Waals surface area contributed by atoms with E-state index < -0.39 is 0 Å². The minimum atomic E-state index is -0.00444. The van der Waals surface area contributed by atoms with Gasteiger partial charge in [0, 0.05) is 5.75 Å². The highest BCUT2D eigenvalue weighted by atomic mass is 32.2. The molecule has 0 saturated carbocycles. The number of rotatable bonds is 8. The number of amides is 1. The largest absolute Gasteiger partial charge is 0.491 e. The Morgan fingerprint density at radius 2 is 2.00 bits per heavy atom. The standard InChI is InChI=1S/C19H23NO2S/c1-3-11-22-18-10-5-4-9-17(18)20-19(21)14-23-13-16-8-6-7-15(2)12-16/h4-10,12H,3,11,13-14H2,1-2H3,(H,20,21). The summed E-state index contributed by atoms with van der Waals surface area (Å²) in [4.78, 5) is 12.1. The molecule has 2 aromatic carbocycles. The van der Waals surface area contributed by atoms with Crippen molar-refractivity contribution in [2.24, 2.45) is 0 Å². The molecule has 0 spiro atoms. The van der Waals surface area contributed by atoms with E-state index in [1.807, 2.05) is 30.3 Å². The topological polar surface area (TPSA) is 38.3 Å². The average molecular weight is 329 g/mol. The van der Waals surface area contributed by atoms with Crippen LogP contribution in [-0.4, -0.2) is 18.3 Å². The summed E-state index contributed by atoms with van der Waals surface area (Å²) in [7, 11) is 0. The molecule has 1 N–H and O–H groups in total. The molecule has 0 bridgehead atoms. The summed E-state index contributed by atoms with van der Waals surface area (Å²) >= 11 is 1.61. The van der Waals surface area contributed by atoms with Gasteiger partial charge in [-0.3, -0.25) is 4.79 Å². The van der Waals surface area contributed by atoms with Crippen molar-refractivity contribution < 1.29 is 9.53 Å². The highest BCUT2D eigenvalue weighted by Gasteiger charge is 2.07. The van der Waals surface area contributed by atoms with Gasteiger partial charge in [-0.2, -0.15) is 0 Å². The average Bonchev–Trinajstić information content (AvgIpc) is 2.54. The third-order valence-corrected chi connectivity index (χ3v) is 4.21. The van der Waals surface area contributed by atoms with Crippen molar-refractivity contribution in [1.82, 2.24) is 0 Å². The van der Waals surface area contributed by atoms with Crippen LogP contribution in [0, 0.1) is 6.92 Å². The summed E-state index contributed by atoms with van der Waals surface area (Å²) in [6.07, 6.45) is 0.939. The fourth-order valence-corrected chi connectivity index (χ4v) is 2.93. The Bertz CT molecular complexity index is 643. The van der Waals surface area contributed by atoms with E-state index in [1.54, 1.807) is 11.8 Å². The van der Waals surface area contributed by atoms with Gasteiger partial charge < -0.3 is 10.1 Å². The highest BCUT2D eigenvalue weighted by Crippen LogP contribution is 2.24. The Morgan fingerprint density at radius 3 is 2.78 bits per heavy atom. The fourth-order valence-electron chi connectivity index (χ4n) is 2.16. The molecule has 0 radical (unpaired) electrons. The highest BCUT2D eigenvalue weighted by molar-refractivity contribution is 7.99. The van der Waals surface area contributed by atoms with Gasteiger partial charge in [0.1, 0.15) is 5.75 Å². The van der Waals surface area contributed by atoms with Crippen molar-refractivity contribution in [2.45, 2.75) is 26.0 Å². The maximum absolute atomic E-state index is 12.1. The SMILES string of the molecule is CCCOc1ccccc1NC(=O)CSCc1cccc(C)c1. The second-order valence-electron chi connectivity index (χ2n) is 5.37. The van der Waals surface area contributed by atoms with Crippen LogP contribution in [0.3, 0.4) is 0 Å². The van der Waals surface area contributed by atoms with Crippen LogP contribution in [0.25, 0.3) is 0 Å². The lowest BCUT2D eigenvalue weighted by Gasteiger charge is -2.11. The number of carbonyl (C=O) groups excluding carboxylic acids is 1. The molecule has 0 unspecified atom stereocenters. The van der Waals surface area contributed by atoms with Crippen molar-refractivity contribution in [3.8, 4) is 5.75 Å². The van der Waals surface area contributed by atoms with Crippen LogP contribution < -0.4 is 10.1 Å². The molecule has 0 aliphatic rings. The molecule has 0 heterocycles. The summed E-state index contributed by atoms with van der Waals surface area (Å²) in [5.41, 5.74) is 3.23. The first-order chi connectivity index (χ1) is 11.2. The van der Waals surface area contributed by atoms with Crippen molar-refractivity contribution in [3.05, 3.63) is 59.7 Å². The Morgan fingerprint density at radius 1 is 1.17 bits per heavy atom. The number of nitrogens with one attached hydrogen (secondary N) is 1. The molecule has 122 valence electrons. The summed E-state index contributed by atoms with van der Waals surface area (Å²) < 4.78 is 5.65. The van der Waals surface area contributed by atoms with E-state index >= 15 is 0 Å². The Hall–Kier alpha value is -1.94. The first kappa shape index (κ1) is 17.4. The van der Waals surface area contributed by atoms with Crippen LogP contribution >= 0.6 is 11.8 Å². The fraction of sp³-hybridized carbons (Fsp3) is 0.316. The van der Waals surface area contributed by atoms with Gasteiger partial charge in [-0.25, -0.2) is 0 Å². The number of hydrogen-bond donors (Lipinski definition) is 1. The molecular weight excluding hydrogens is 306 g/mol. The van der Waals surface area contributed by atoms with Gasteiger partial charge in [-0.1, -0.05) is 48.9 Å². The number of para-hydroxylation sites is 2. The lowest BCUT2D eigenvalue weighted by molar-refractivity contribution is -0.113. The lowest BCUT2D eigenvalue weighted by Crippen LogP contribution is -2.15. The number of ether oxygens (including phenoxy) is 1. The first-order valence-corrected chi connectivity index (χ1v) is 8.99. The Kier molecular flexibility index (Phi) is 7.01. The molecule has 0 aliphatic carbocycles. The van der Waals surface area contributed by atoms with Crippen molar-refractivity contribution in [3.63, 3.8) is 0 Å². The van der Waals surface area contributed by atoms with E-state index in [0.717, 1.165) is 23.6 Å². The number of thioether (sulfide) groups is 1. The third-order valence-electron chi connectivity index (χ3n) is 3.21. The van der Waals surface area contributed by atoms with Gasteiger partial charge in [0.2, 0.25) is 5.91 Å². The van der Waals surface area contributed by atoms with Gasteiger partial charge >= 0.3 is 0 Å². The first-order valence-electron chi connectivity index (χ1n) is 7.84. The molecule has 3 nitrogen and oxygen atoms in total. The Labute approximate surface area is 142 Å². The minimum absolute atomic E-state index is 0.00444. The van der Waals surface area contributed by atoms with Crippen LogP contribution in [0.5, 0.6) is 5.75 Å². The van der Waals surface area contributed by atoms with Gasteiger partial charge in [0.05, 0.1) is 18.0 Å². The maximum Gasteiger partial charge on any atom is 0.234 e. The molecule has 0 atom stereocenters. The summed E-state index contributed by atoms with van der Waals surface area (Å²) in [5.74, 6) is 1.99. The van der Waals surface area contributed by atoms with E-state index in [2.05, 4.69) is 37.4 Å². The van der Waals surface area contributed by atoms with Gasteiger partial charge in [0.15, 0.2) is 0 Å². The maximum atomic E-state index is 12.1. The van der Waals surface area contributed by atoms with Gasteiger partial charge in [-0.05, 0) is 31.0 Å². The summed E-state index contributed by atoms with van der Waals surface area (Å²) in [6, 6.07) is 15.9. The molecule has 2 rings (SSSR count). The molecule has 4 heteroatoms. The van der Waals surface area contributed by atoms with E-state index in [9.17, 15) is 4.79 Å². The van der Waals surface area contributed by atoms with Crippen LogP contribution in [0.15, 0.2) is 48.5 Å². The van der Waals surface area contributed by atoms with Crippen LogP contribution in [0.2, 0.25) is 0 Å². The van der Waals surface area contributed by atoms with Gasteiger partial charge in [0.25, 0.3) is 0 Å². The zero-order valence-electron chi connectivity index (χ0n) is 13.7. The smallest absolute Gasteiger partial charge is 0.234 e. The number of benzene rings is 2. The predicted molar refractivity (Wildman–Crippen MR) is 98.2 cm³/mol. The number of aryl methyl sites for hydroxylation is 1. The van der Waals surface area contributed by atoms with Gasteiger partial charge in [-0.15, -0.1) is 11.8 Å². The summed E-state index contributed by atoms with van der Waals surface area (Å²) in [6.45, 7) is 4.78. The predicted octanol–water partition coefficient (Wildman–Crippen LogP) is 4.66. The zero-order valence-corrected chi connectivity index (χ0v) is 14.5. The molecule has 23 heavy (non-hydrogen) atoms. The molecule has 1 amide bonds. The summed E-state index contributed by atoms with van der Waals surface area (Å²) in [5, 5.41) is 2.93. The zero-order chi connectivity index (χ0) is 16.5. The number of hydrogen-bond acceptors (Lipinski definition) is 3. The second-order valence-corrected chi connectivity index (χ2v) is 6.36. The monoisotopic (exact) mass is 329 g/mol. The number of anilines is 1. The minimum Gasteiger partial charge on any atom is -0.491 e. The van der Waals surface area contributed by atoms with Crippen molar-refractivity contribution >= 4 is 23.4 Å². The molecule has 2 aromatic rings. The van der Waals surface area contributed by atoms with Crippen molar-refractivity contribution in [1.29, 1.82) is 0 Å². The molecule has 0 saturated heterocycles. The molecule has 0 fully saturated rings. The Balaban J connectivity index is 1.83. The van der Waals surface area contributed by atoms with Crippen molar-refractivity contribution in [2.75, 3.05) is 17.7 Å².